The van der Waals surface area contributed by atoms with Crippen LogP contribution >= 0.6 is 15.9 Å². The topological polar surface area (TPSA) is 55.2 Å². The minimum Gasteiger partial charge on any atom is -0.373 e. The number of nitrogens with zero attached hydrogens (tertiary/aromatic N) is 4. The maximum Gasteiger partial charge on any atom is 0.153 e. The molecule has 0 bridgehead atoms. The maximum absolute atomic E-state index is 6.15. The summed E-state index contributed by atoms with van der Waals surface area (Å²) in [6.07, 6.45) is 2.72. The van der Waals surface area contributed by atoms with Crippen LogP contribution in [0.15, 0.2) is 4.60 Å². The van der Waals surface area contributed by atoms with Gasteiger partial charge in [0.15, 0.2) is 4.60 Å². The molecule has 0 aliphatic carbocycles. The van der Waals surface area contributed by atoms with E-state index < -0.39 is 0 Å². The smallest absolute Gasteiger partial charge is 0.153 e. The van der Waals surface area contributed by atoms with Crippen molar-refractivity contribution in [3.8, 4) is 0 Å². The molecule has 0 saturated carbocycles. The van der Waals surface area contributed by atoms with Crippen molar-refractivity contribution in [3.63, 3.8) is 0 Å². The molecule has 112 valence electrons. The molecule has 7 heteroatoms. The van der Waals surface area contributed by atoms with Gasteiger partial charge in [0, 0.05) is 19.6 Å². The largest absolute Gasteiger partial charge is 0.373 e. The number of fused-ring (bicyclic) bond motifs is 1. The third-order valence-electron chi connectivity index (χ3n) is 4.33. The summed E-state index contributed by atoms with van der Waals surface area (Å²) in [6.45, 7) is 6.04. The number of rotatable bonds is 4. The summed E-state index contributed by atoms with van der Waals surface area (Å²) < 4.78 is 8.78. The van der Waals surface area contributed by atoms with E-state index in [4.69, 9.17) is 4.74 Å². The van der Waals surface area contributed by atoms with Crippen LogP contribution in [0.4, 0.5) is 0 Å². The number of aromatic nitrogens is 3. The average molecular weight is 344 g/mol. The molecular weight excluding hydrogens is 322 g/mol. The molecule has 1 aromatic heterocycles. The van der Waals surface area contributed by atoms with E-state index in [0.717, 1.165) is 30.0 Å². The molecule has 3 rings (SSSR count). The Balaban J connectivity index is 1.80. The molecule has 2 saturated heterocycles. The van der Waals surface area contributed by atoms with E-state index >= 15 is 0 Å². The molecule has 3 unspecified atom stereocenters. The highest BCUT2D eigenvalue weighted by atomic mass is 79.9. The fraction of sp³-hybridized carbons (Fsp3) is 0.846. The van der Waals surface area contributed by atoms with Crippen LogP contribution in [0.5, 0.6) is 0 Å². The predicted molar refractivity (Wildman–Crippen MR) is 79.5 cm³/mol. The van der Waals surface area contributed by atoms with Crippen molar-refractivity contribution in [3.05, 3.63) is 10.3 Å². The highest BCUT2D eigenvalue weighted by Gasteiger charge is 2.37. The van der Waals surface area contributed by atoms with Crippen molar-refractivity contribution in [2.45, 2.75) is 38.0 Å². The van der Waals surface area contributed by atoms with Gasteiger partial charge in [-0.05, 0) is 41.9 Å². The minimum atomic E-state index is 0.121. The van der Waals surface area contributed by atoms with Gasteiger partial charge in [0.05, 0.1) is 24.4 Å². The lowest BCUT2D eigenvalue weighted by atomic mass is 10.0. The van der Waals surface area contributed by atoms with Crippen LogP contribution in [0.25, 0.3) is 0 Å². The van der Waals surface area contributed by atoms with Crippen molar-refractivity contribution in [2.24, 2.45) is 7.05 Å². The van der Waals surface area contributed by atoms with Crippen molar-refractivity contribution in [1.82, 2.24) is 25.2 Å². The Kier molecular flexibility index (Phi) is 4.40. The third kappa shape index (κ3) is 2.64. The molecule has 2 aliphatic heterocycles. The maximum atomic E-state index is 6.15. The van der Waals surface area contributed by atoms with Crippen molar-refractivity contribution in [2.75, 3.05) is 26.2 Å². The summed E-state index contributed by atoms with van der Waals surface area (Å²) in [6, 6.07) is 0.748. The van der Waals surface area contributed by atoms with Crippen molar-refractivity contribution in [1.29, 1.82) is 0 Å². The van der Waals surface area contributed by atoms with Crippen LogP contribution < -0.4 is 5.32 Å². The average Bonchev–Trinajstić information content (AvgIpc) is 3.03. The lowest BCUT2D eigenvalue weighted by Crippen LogP contribution is -2.51. The van der Waals surface area contributed by atoms with Gasteiger partial charge in [-0.3, -0.25) is 4.90 Å². The molecule has 3 heterocycles. The summed E-state index contributed by atoms with van der Waals surface area (Å²) in [5.74, 6) is 0. The predicted octanol–water partition coefficient (Wildman–Crippen LogP) is 1.09. The van der Waals surface area contributed by atoms with Crippen molar-refractivity contribution >= 4 is 15.9 Å². The molecule has 0 aromatic carbocycles. The first-order valence-corrected chi connectivity index (χ1v) is 8.14. The highest BCUT2D eigenvalue weighted by Crippen LogP contribution is 2.30. The zero-order valence-electron chi connectivity index (χ0n) is 12.0. The number of morpholine rings is 1. The second-order valence-corrected chi connectivity index (χ2v) is 6.34. The number of hydrogen-bond acceptors (Lipinski definition) is 5. The quantitative estimate of drug-likeness (QED) is 0.886. The van der Waals surface area contributed by atoms with E-state index in [0.29, 0.717) is 6.04 Å². The summed E-state index contributed by atoms with van der Waals surface area (Å²) in [4.78, 5) is 2.57. The van der Waals surface area contributed by atoms with E-state index in [1.807, 2.05) is 11.7 Å². The Morgan fingerprint density at radius 3 is 3.10 bits per heavy atom. The molecule has 2 fully saturated rings. The summed E-state index contributed by atoms with van der Waals surface area (Å²) in [5, 5.41) is 11.7. The van der Waals surface area contributed by atoms with E-state index in [1.165, 1.54) is 19.4 Å². The van der Waals surface area contributed by atoms with Gasteiger partial charge >= 0.3 is 0 Å². The van der Waals surface area contributed by atoms with Crippen LogP contribution in [0.2, 0.25) is 0 Å². The fourth-order valence-electron chi connectivity index (χ4n) is 3.34. The van der Waals surface area contributed by atoms with Crippen molar-refractivity contribution < 1.29 is 4.74 Å². The summed E-state index contributed by atoms with van der Waals surface area (Å²) >= 11 is 3.51. The number of halogens is 1. The van der Waals surface area contributed by atoms with Gasteiger partial charge < -0.3 is 10.1 Å². The highest BCUT2D eigenvalue weighted by molar-refractivity contribution is 9.10. The van der Waals surface area contributed by atoms with E-state index in [1.54, 1.807) is 0 Å². The second kappa shape index (κ2) is 6.09. The molecule has 20 heavy (non-hydrogen) atoms. The van der Waals surface area contributed by atoms with Crippen LogP contribution in [0, 0.1) is 0 Å². The molecule has 1 aromatic rings. The lowest BCUT2D eigenvalue weighted by Gasteiger charge is -2.39. The van der Waals surface area contributed by atoms with E-state index in [-0.39, 0.29) is 12.1 Å². The Labute approximate surface area is 128 Å². The summed E-state index contributed by atoms with van der Waals surface area (Å²) in [5.41, 5.74) is 1.06. The zero-order chi connectivity index (χ0) is 14.1. The number of nitrogens with one attached hydrogen (secondary N) is 1. The molecular formula is C13H22BrN5O. The Morgan fingerprint density at radius 1 is 1.55 bits per heavy atom. The van der Waals surface area contributed by atoms with Crippen LogP contribution in [-0.2, 0) is 11.8 Å². The molecule has 1 N–H and O–H groups in total. The molecule has 6 nitrogen and oxygen atoms in total. The number of hydrogen-bond donors (Lipinski definition) is 1. The molecule has 2 aliphatic rings. The SMILES string of the molecule is CCNC(c1c(Br)nnn1C)C1CN2CCCC2CO1. The zero-order valence-corrected chi connectivity index (χ0v) is 13.6. The normalized spacial score (nSPS) is 28.6. The number of likely N-dealkylation sites (N-methyl/N-ethyl adjacent to an activating group) is 1. The number of ether oxygens (including phenoxy) is 1. The first-order chi connectivity index (χ1) is 9.70. The van der Waals surface area contributed by atoms with Gasteiger partial charge in [-0.25, -0.2) is 4.68 Å². The van der Waals surface area contributed by atoms with Crippen LogP contribution in [-0.4, -0.2) is 58.3 Å². The van der Waals surface area contributed by atoms with Gasteiger partial charge in [-0.15, -0.1) is 5.10 Å². The van der Waals surface area contributed by atoms with Gasteiger partial charge in [-0.2, -0.15) is 0 Å². The summed E-state index contributed by atoms with van der Waals surface area (Å²) in [7, 11) is 1.93. The molecule has 3 atom stereocenters. The van der Waals surface area contributed by atoms with E-state index in [2.05, 4.69) is 43.4 Å². The van der Waals surface area contributed by atoms with E-state index in [9.17, 15) is 0 Å². The first kappa shape index (κ1) is 14.4. The molecule has 0 radical (unpaired) electrons. The lowest BCUT2D eigenvalue weighted by molar-refractivity contribution is -0.0662. The minimum absolute atomic E-state index is 0.121. The van der Waals surface area contributed by atoms with Gasteiger partial charge in [0.2, 0.25) is 0 Å². The van der Waals surface area contributed by atoms with Gasteiger partial charge in [0.1, 0.15) is 0 Å². The fourth-order valence-corrected chi connectivity index (χ4v) is 3.91. The second-order valence-electron chi connectivity index (χ2n) is 5.59. The first-order valence-electron chi connectivity index (χ1n) is 7.34. The Hall–Kier alpha value is -0.500. The van der Waals surface area contributed by atoms with Crippen LogP contribution in [0.3, 0.4) is 0 Å². The molecule has 0 amide bonds. The number of aryl methyl sites for hydroxylation is 1. The Morgan fingerprint density at radius 2 is 2.40 bits per heavy atom. The van der Waals surface area contributed by atoms with Gasteiger partial charge in [-0.1, -0.05) is 12.1 Å². The Bertz CT molecular complexity index is 446. The van der Waals surface area contributed by atoms with Crippen LogP contribution in [0.1, 0.15) is 31.5 Å². The standard InChI is InChI=1S/C13H22BrN5O/c1-3-15-11(12-13(14)16-17-18(12)2)10-7-19-6-4-5-9(19)8-20-10/h9-11,15H,3-8H2,1-2H3. The third-order valence-corrected chi connectivity index (χ3v) is 4.90. The molecule has 0 spiro atoms. The monoisotopic (exact) mass is 343 g/mol. The van der Waals surface area contributed by atoms with Gasteiger partial charge in [0.25, 0.3) is 0 Å².